The number of hydrogen-bond donors (Lipinski definition) is 3. The number of hydrogen-bond acceptors (Lipinski definition) is 4. The van der Waals surface area contributed by atoms with Crippen LogP contribution in [0.15, 0.2) is 10.9 Å². The zero-order chi connectivity index (χ0) is 17.9. The number of nitrogens with one attached hydrogen (secondary N) is 2. The average Bonchev–Trinajstić information content (AvgIpc) is 2.49. The Morgan fingerprint density at radius 1 is 1.38 bits per heavy atom. The standard InChI is InChI=1S/C18H27N3O3/c1-4-5-6-11(10-19)20-16(23)13-7-12-14(21-17(13)24)8-18(2,3)9-15(12)22/h7,11H,4-6,8-10,19H2,1-3H3,(H,20,23)(H,21,24). The van der Waals surface area contributed by atoms with Crippen molar-refractivity contribution in [1.29, 1.82) is 0 Å². The summed E-state index contributed by atoms with van der Waals surface area (Å²) >= 11 is 0. The summed E-state index contributed by atoms with van der Waals surface area (Å²) in [6.07, 6.45) is 3.77. The molecule has 1 aromatic heterocycles. The first-order valence-corrected chi connectivity index (χ1v) is 8.57. The fourth-order valence-electron chi connectivity index (χ4n) is 3.16. The molecule has 0 bridgehead atoms. The largest absolute Gasteiger partial charge is 0.348 e. The highest BCUT2D eigenvalue weighted by Crippen LogP contribution is 2.33. The number of carbonyl (C=O) groups excluding carboxylic acids is 2. The van der Waals surface area contributed by atoms with Crippen LogP contribution in [0, 0.1) is 5.41 Å². The summed E-state index contributed by atoms with van der Waals surface area (Å²) in [5.74, 6) is -0.504. The number of carbonyl (C=O) groups is 2. The van der Waals surface area contributed by atoms with Crippen LogP contribution < -0.4 is 16.6 Å². The maximum absolute atomic E-state index is 12.4. The summed E-state index contributed by atoms with van der Waals surface area (Å²) in [5.41, 5.74) is 6.11. The van der Waals surface area contributed by atoms with E-state index >= 15 is 0 Å². The Kier molecular flexibility index (Phi) is 5.59. The van der Waals surface area contributed by atoms with E-state index in [4.69, 9.17) is 5.73 Å². The van der Waals surface area contributed by atoms with E-state index in [1.807, 2.05) is 13.8 Å². The Hall–Kier alpha value is -1.95. The monoisotopic (exact) mass is 333 g/mol. The van der Waals surface area contributed by atoms with Gasteiger partial charge in [0.1, 0.15) is 5.56 Å². The first-order chi connectivity index (χ1) is 11.3. The highest BCUT2D eigenvalue weighted by atomic mass is 16.2. The van der Waals surface area contributed by atoms with E-state index in [0.717, 1.165) is 19.3 Å². The Morgan fingerprint density at radius 3 is 2.71 bits per heavy atom. The Labute approximate surface area is 142 Å². The Balaban J connectivity index is 2.26. The van der Waals surface area contributed by atoms with Gasteiger partial charge in [-0.1, -0.05) is 33.6 Å². The number of ketones is 1. The van der Waals surface area contributed by atoms with Gasteiger partial charge in [-0.3, -0.25) is 14.4 Å². The van der Waals surface area contributed by atoms with Crippen molar-refractivity contribution < 1.29 is 9.59 Å². The van der Waals surface area contributed by atoms with Gasteiger partial charge in [-0.25, -0.2) is 0 Å². The smallest absolute Gasteiger partial charge is 0.261 e. The summed E-state index contributed by atoms with van der Waals surface area (Å²) in [7, 11) is 0. The van der Waals surface area contributed by atoms with Crippen molar-refractivity contribution in [3.05, 3.63) is 33.2 Å². The molecule has 24 heavy (non-hydrogen) atoms. The van der Waals surface area contributed by atoms with Gasteiger partial charge < -0.3 is 16.0 Å². The lowest BCUT2D eigenvalue weighted by Crippen LogP contribution is -2.42. The molecular formula is C18H27N3O3. The number of fused-ring (bicyclic) bond motifs is 1. The van der Waals surface area contributed by atoms with Crippen LogP contribution in [-0.4, -0.2) is 29.3 Å². The molecular weight excluding hydrogens is 306 g/mol. The molecule has 1 atom stereocenters. The number of amides is 1. The fraction of sp³-hybridized carbons (Fsp3) is 0.611. The molecule has 1 aliphatic rings. The van der Waals surface area contributed by atoms with E-state index in [1.165, 1.54) is 6.07 Å². The summed E-state index contributed by atoms with van der Waals surface area (Å²) in [6.45, 7) is 6.37. The Morgan fingerprint density at radius 2 is 2.08 bits per heavy atom. The molecule has 0 saturated carbocycles. The molecule has 1 amide bonds. The van der Waals surface area contributed by atoms with Crippen LogP contribution >= 0.6 is 0 Å². The van der Waals surface area contributed by atoms with Crippen LogP contribution in [0.3, 0.4) is 0 Å². The lowest BCUT2D eigenvalue weighted by molar-refractivity contribution is 0.0910. The number of aromatic nitrogens is 1. The first-order valence-electron chi connectivity index (χ1n) is 8.57. The second kappa shape index (κ2) is 7.30. The second-order valence-electron chi connectivity index (χ2n) is 7.39. The molecule has 2 rings (SSSR count). The second-order valence-corrected chi connectivity index (χ2v) is 7.39. The molecule has 1 heterocycles. The van der Waals surface area contributed by atoms with Gasteiger partial charge in [0.15, 0.2) is 5.78 Å². The van der Waals surface area contributed by atoms with Crippen molar-refractivity contribution in [2.24, 2.45) is 11.1 Å². The maximum Gasteiger partial charge on any atom is 0.261 e. The van der Waals surface area contributed by atoms with E-state index in [9.17, 15) is 14.4 Å². The number of nitrogens with two attached hydrogens (primary N) is 1. The van der Waals surface area contributed by atoms with E-state index in [0.29, 0.717) is 30.6 Å². The molecule has 0 radical (unpaired) electrons. The third-order valence-corrected chi connectivity index (χ3v) is 4.49. The minimum Gasteiger partial charge on any atom is -0.348 e. The van der Waals surface area contributed by atoms with Gasteiger partial charge in [-0.15, -0.1) is 0 Å². The lowest BCUT2D eigenvalue weighted by atomic mass is 9.75. The van der Waals surface area contributed by atoms with E-state index in [1.54, 1.807) is 0 Å². The third kappa shape index (κ3) is 4.12. The molecule has 6 nitrogen and oxygen atoms in total. The number of aromatic amines is 1. The van der Waals surface area contributed by atoms with Crippen molar-refractivity contribution in [3.63, 3.8) is 0 Å². The third-order valence-electron chi connectivity index (χ3n) is 4.49. The summed E-state index contributed by atoms with van der Waals surface area (Å²) < 4.78 is 0. The molecule has 6 heteroatoms. The van der Waals surface area contributed by atoms with Crippen LogP contribution in [0.2, 0.25) is 0 Å². The molecule has 1 aromatic rings. The van der Waals surface area contributed by atoms with Gasteiger partial charge in [0, 0.05) is 30.3 Å². The number of rotatable bonds is 6. The van der Waals surface area contributed by atoms with Crippen molar-refractivity contribution in [2.75, 3.05) is 6.54 Å². The van der Waals surface area contributed by atoms with Crippen LogP contribution in [0.4, 0.5) is 0 Å². The summed E-state index contributed by atoms with van der Waals surface area (Å²) in [5, 5.41) is 2.80. The van der Waals surface area contributed by atoms with Crippen LogP contribution in [0.1, 0.15) is 72.9 Å². The number of unbranched alkanes of at least 4 members (excludes halogenated alkanes) is 1. The highest BCUT2D eigenvalue weighted by Gasteiger charge is 2.32. The number of Topliss-reactive ketones (excluding diaryl/α,β-unsaturated/α-hetero) is 1. The molecule has 132 valence electrons. The molecule has 4 N–H and O–H groups in total. The van der Waals surface area contributed by atoms with E-state index in [-0.39, 0.29) is 22.8 Å². The maximum atomic E-state index is 12.4. The molecule has 0 spiro atoms. The fourth-order valence-corrected chi connectivity index (χ4v) is 3.16. The number of H-pyrrole nitrogens is 1. The van der Waals surface area contributed by atoms with Gasteiger partial charge in [0.05, 0.1) is 0 Å². The molecule has 0 saturated heterocycles. The predicted octanol–water partition coefficient (Wildman–Crippen LogP) is 1.78. The predicted molar refractivity (Wildman–Crippen MR) is 93.3 cm³/mol. The zero-order valence-corrected chi connectivity index (χ0v) is 14.7. The van der Waals surface area contributed by atoms with Crippen molar-refractivity contribution in [3.8, 4) is 0 Å². The summed E-state index contributed by atoms with van der Waals surface area (Å²) in [6, 6.07) is 1.27. The average molecular weight is 333 g/mol. The minimum atomic E-state index is -0.469. The first kappa shape index (κ1) is 18.4. The van der Waals surface area contributed by atoms with Gasteiger partial charge in [-0.05, 0) is 24.3 Å². The highest BCUT2D eigenvalue weighted by molar-refractivity contribution is 6.02. The summed E-state index contributed by atoms with van der Waals surface area (Å²) in [4.78, 5) is 39.8. The molecule has 0 aromatic carbocycles. The molecule has 1 aliphatic carbocycles. The number of pyridine rings is 1. The Bertz CT molecular complexity index is 691. The van der Waals surface area contributed by atoms with E-state index < -0.39 is 11.5 Å². The van der Waals surface area contributed by atoms with Crippen molar-refractivity contribution in [2.45, 2.75) is 58.9 Å². The van der Waals surface area contributed by atoms with Crippen LogP contribution in [0.5, 0.6) is 0 Å². The molecule has 1 unspecified atom stereocenters. The minimum absolute atomic E-state index is 0.0169. The zero-order valence-electron chi connectivity index (χ0n) is 14.7. The van der Waals surface area contributed by atoms with Crippen LogP contribution in [-0.2, 0) is 6.42 Å². The SMILES string of the molecule is CCCCC(CN)NC(=O)c1cc2c([nH]c1=O)CC(C)(C)CC2=O. The van der Waals surface area contributed by atoms with Gasteiger partial charge in [-0.2, -0.15) is 0 Å². The van der Waals surface area contributed by atoms with E-state index in [2.05, 4.69) is 17.2 Å². The molecule has 0 fully saturated rings. The lowest BCUT2D eigenvalue weighted by Gasteiger charge is -2.29. The molecule has 0 aliphatic heterocycles. The van der Waals surface area contributed by atoms with Crippen molar-refractivity contribution in [1.82, 2.24) is 10.3 Å². The topological polar surface area (TPSA) is 105 Å². The van der Waals surface area contributed by atoms with Gasteiger partial charge in [0.2, 0.25) is 0 Å². The normalized spacial score (nSPS) is 17.2. The van der Waals surface area contributed by atoms with Gasteiger partial charge in [0.25, 0.3) is 11.5 Å². The quantitative estimate of drug-likeness (QED) is 0.738. The van der Waals surface area contributed by atoms with Crippen molar-refractivity contribution >= 4 is 11.7 Å². The van der Waals surface area contributed by atoms with Crippen LogP contribution in [0.25, 0.3) is 0 Å². The van der Waals surface area contributed by atoms with Gasteiger partial charge >= 0.3 is 0 Å².